The average molecular weight is 509 g/mol. The number of nitrogens with zero attached hydrogens (tertiary/aromatic N) is 1. The van der Waals surface area contributed by atoms with Gasteiger partial charge in [-0.2, -0.15) is 0 Å². The van der Waals surface area contributed by atoms with Crippen molar-refractivity contribution >= 4 is 35.3 Å². The minimum Gasteiger partial charge on any atom is -0.468 e. The summed E-state index contributed by atoms with van der Waals surface area (Å²) >= 11 is 6.48. The molecule has 192 valence electrons. The molecule has 1 aliphatic rings. The van der Waals surface area contributed by atoms with Crippen LogP contribution in [0.15, 0.2) is 40.5 Å². The third-order valence-electron chi connectivity index (χ3n) is 5.06. The summed E-state index contributed by atoms with van der Waals surface area (Å²) in [6, 6.07) is 6.98. The predicted molar refractivity (Wildman–Crippen MR) is 132 cm³/mol. The Morgan fingerprint density at radius 2 is 1.86 bits per heavy atom. The number of aliphatic imine (C=N–C) groups is 1. The molecule has 2 rings (SSSR count). The van der Waals surface area contributed by atoms with E-state index in [1.54, 1.807) is 58.9 Å². The van der Waals surface area contributed by atoms with Crippen LogP contribution in [-0.4, -0.2) is 62.8 Å². The van der Waals surface area contributed by atoms with Crippen molar-refractivity contribution in [3.8, 4) is 0 Å². The molecule has 0 bridgehead atoms. The molecule has 0 saturated heterocycles. The maximum Gasteiger partial charge on any atom is 0.407 e. The van der Waals surface area contributed by atoms with Crippen LogP contribution in [-0.2, 0) is 28.5 Å². The molecule has 2 atom stereocenters. The minimum atomic E-state index is -0.864. The summed E-state index contributed by atoms with van der Waals surface area (Å²) in [6.45, 7) is 9.12. The number of hydrogen-bond acceptors (Lipinski definition) is 8. The Morgan fingerprint density at radius 3 is 2.46 bits per heavy atom. The standard InChI is InChI=1S/C25H33ClN2O7/c1-7-34-23(30)21-18(14-33-13-12-27-24(31)35-25(3,4)5)28-15(2)19(22(29)32-6)20(21)16-10-8-9-11-17(16)26/h8-11,19-20H,7,12-14H2,1-6H3,(H,27,31). The van der Waals surface area contributed by atoms with Gasteiger partial charge in [0.15, 0.2) is 0 Å². The molecule has 0 radical (unpaired) electrons. The van der Waals surface area contributed by atoms with Crippen molar-refractivity contribution in [1.29, 1.82) is 0 Å². The lowest BCUT2D eigenvalue weighted by atomic mass is 9.75. The first-order valence-corrected chi connectivity index (χ1v) is 11.7. The third-order valence-corrected chi connectivity index (χ3v) is 5.40. The molecule has 10 heteroatoms. The van der Waals surface area contributed by atoms with E-state index < -0.39 is 35.5 Å². The summed E-state index contributed by atoms with van der Waals surface area (Å²) < 4.78 is 21.2. The lowest BCUT2D eigenvalue weighted by molar-refractivity contribution is -0.144. The van der Waals surface area contributed by atoms with E-state index in [1.165, 1.54) is 7.11 Å². The van der Waals surface area contributed by atoms with Crippen molar-refractivity contribution in [1.82, 2.24) is 5.32 Å². The van der Waals surface area contributed by atoms with Crippen LogP contribution in [0.25, 0.3) is 0 Å². The Balaban J connectivity index is 2.34. The lowest BCUT2D eigenvalue weighted by Crippen LogP contribution is -2.37. The zero-order chi connectivity index (χ0) is 26.2. The quantitative estimate of drug-likeness (QED) is 0.304. The van der Waals surface area contributed by atoms with Crippen LogP contribution in [0.1, 0.15) is 46.1 Å². The first kappa shape index (κ1) is 28.3. The van der Waals surface area contributed by atoms with E-state index in [0.717, 1.165) is 0 Å². The highest BCUT2D eigenvalue weighted by Gasteiger charge is 2.43. The van der Waals surface area contributed by atoms with Crippen molar-refractivity contribution in [3.63, 3.8) is 0 Å². The molecule has 0 spiro atoms. The zero-order valence-electron chi connectivity index (χ0n) is 21.0. The number of benzene rings is 1. The van der Waals surface area contributed by atoms with Crippen LogP contribution in [0.5, 0.6) is 0 Å². The van der Waals surface area contributed by atoms with Crippen molar-refractivity contribution in [3.05, 3.63) is 46.1 Å². The van der Waals surface area contributed by atoms with Gasteiger partial charge in [0.2, 0.25) is 0 Å². The fraction of sp³-hybridized carbons (Fsp3) is 0.520. The molecule has 1 N–H and O–H groups in total. The van der Waals surface area contributed by atoms with Crippen molar-refractivity contribution in [2.24, 2.45) is 10.9 Å². The van der Waals surface area contributed by atoms with Crippen molar-refractivity contribution < 1.29 is 33.3 Å². The van der Waals surface area contributed by atoms with Crippen LogP contribution in [0.3, 0.4) is 0 Å². The van der Waals surface area contributed by atoms with E-state index in [4.69, 9.17) is 30.5 Å². The second-order valence-electron chi connectivity index (χ2n) is 8.82. The van der Waals surface area contributed by atoms with Crippen LogP contribution in [0.4, 0.5) is 4.79 Å². The summed E-state index contributed by atoms with van der Waals surface area (Å²) in [5.74, 6) is -2.80. The van der Waals surface area contributed by atoms with E-state index in [1.807, 2.05) is 0 Å². The molecule has 1 heterocycles. The topological polar surface area (TPSA) is 113 Å². The highest BCUT2D eigenvalue weighted by molar-refractivity contribution is 6.31. The van der Waals surface area contributed by atoms with Gasteiger partial charge in [0.1, 0.15) is 11.5 Å². The van der Waals surface area contributed by atoms with Gasteiger partial charge in [-0.15, -0.1) is 0 Å². The maximum atomic E-state index is 13.1. The van der Waals surface area contributed by atoms with Gasteiger partial charge >= 0.3 is 18.0 Å². The molecule has 1 aromatic rings. The molecule has 1 aromatic carbocycles. The molecule has 35 heavy (non-hydrogen) atoms. The number of carbonyl (C=O) groups excluding carboxylic acids is 3. The molecule has 2 unspecified atom stereocenters. The highest BCUT2D eigenvalue weighted by atomic mass is 35.5. The summed E-state index contributed by atoms with van der Waals surface area (Å²) in [4.78, 5) is 42.2. The molecule has 0 fully saturated rings. The molecular weight excluding hydrogens is 476 g/mol. The van der Waals surface area contributed by atoms with E-state index >= 15 is 0 Å². The van der Waals surface area contributed by atoms with E-state index in [-0.39, 0.29) is 31.9 Å². The van der Waals surface area contributed by atoms with Gasteiger partial charge in [-0.3, -0.25) is 9.79 Å². The number of carbonyl (C=O) groups is 3. The number of methoxy groups -OCH3 is 1. The van der Waals surface area contributed by atoms with Crippen LogP contribution < -0.4 is 5.32 Å². The van der Waals surface area contributed by atoms with Gasteiger partial charge in [0, 0.05) is 23.2 Å². The van der Waals surface area contributed by atoms with Crippen LogP contribution in [0.2, 0.25) is 5.02 Å². The number of rotatable bonds is 9. The second kappa shape index (κ2) is 12.7. The Kier molecular flexibility index (Phi) is 10.3. The maximum absolute atomic E-state index is 13.1. The van der Waals surface area contributed by atoms with E-state index in [9.17, 15) is 14.4 Å². The third kappa shape index (κ3) is 7.80. The summed E-state index contributed by atoms with van der Waals surface area (Å²) in [5, 5.41) is 3.00. The molecule has 1 amide bonds. The predicted octanol–water partition coefficient (Wildman–Crippen LogP) is 4.05. The largest absolute Gasteiger partial charge is 0.468 e. The number of ether oxygens (including phenoxy) is 4. The minimum absolute atomic E-state index is 0.0453. The molecule has 0 aliphatic carbocycles. The number of amides is 1. The monoisotopic (exact) mass is 508 g/mol. The summed E-state index contributed by atoms with van der Waals surface area (Å²) in [5.41, 5.74) is 0.929. The smallest absolute Gasteiger partial charge is 0.407 e. The van der Waals surface area contributed by atoms with Crippen LogP contribution >= 0.6 is 11.6 Å². The molecule has 9 nitrogen and oxygen atoms in total. The Hall–Kier alpha value is -2.91. The number of nitrogens with one attached hydrogen (secondary N) is 1. The molecule has 0 saturated carbocycles. The average Bonchev–Trinajstić information content (AvgIpc) is 2.77. The number of hydrogen-bond donors (Lipinski definition) is 1. The lowest BCUT2D eigenvalue weighted by Gasteiger charge is -2.32. The Bertz CT molecular complexity index is 998. The van der Waals surface area contributed by atoms with E-state index in [2.05, 4.69) is 10.3 Å². The number of alkyl carbamates (subject to hydrolysis) is 1. The Labute approximate surface area is 210 Å². The van der Waals surface area contributed by atoms with Gasteiger partial charge in [0.25, 0.3) is 0 Å². The zero-order valence-corrected chi connectivity index (χ0v) is 21.7. The normalized spacial score (nSPS) is 18.0. The summed E-state index contributed by atoms with van der Waals surface area (Å²) in [7, 11) is 1.28. The fourth-order valence-corrected chi connectivity index (χ4v) is 3.95. The molecule has 1 aliphatic heterocycles. The number of esters is 2. The highest BCUT2D eigenvalue weighted by Crippen LogP contribution is 2.42. The molecular formula is C25H33ClN2O7. The molecule has 0 aromatic heterocycles. The number of halogens is 1. The van der Waals surface area contributed by atoms with Crippen molar-refractivity contribution in [2.45, 2.75) is 46.1 Å². The van der Waals surface area contributed by atoms with E-state index in [0.29, 0.717) is 22.0 Å². The van der Waals surface area contributed by atoms with Crippen molar-refractivity contribution in [2.75, 3.05) is 33.5 Å². The summed E-state index contributed by atoms with van der Waals surface area (Å²) in [6.07, 6.45) is -0.557. The van der Waals surface area contributed by atoms with Gasteiger partial charge in [-0.05, 0) is 46.2 Å². The SMILES string of the molecule is CCOC(=O)C1=C(COCCNC(=O)OC(C)(C)C)N=C(C)C(C(=O)OC)C1c1ccccc1Cl. The second-order valence-corrected chi connectivity index (χ2v) is 9.22. The Morgan fingerprint density at radius 1 is 1.17 bits per heavy atom. The van der Waals surface area contributed by atoms with Gasteiger partial charge in [-0.25, -0.2) is 9.59 Å². The van der Waals surface area contributed by atoms with Crippen LogP contribution in [0, 0.1) is 5.92 Å². The fourth-order valence-electron chi connectivity index (χ4n) is 3.70. The van der Waals surface area contributed by atoms with Gasteiger partial charge in [0.05, 0.1) is 38.2 Å². The first-order chi connectivity index (χ1) is 16.5. The first-order valence-electron chi connectivity index (χ1n) is 11.3. The van der Waals surface area contributed by atoms with Gasteiger partial charge < -0.3 is 24.3 Å². The van der Waals surface area contributed by atoms with Gasteiger partial charge in [-0.1, -0.05) is 29.8 Å².